The lowest BCUT2D eigenvalue weighted by molar-refractivity contribution is 1.17. The Kier molecular flexibility index (Phi) is 3.05. The van der Waals surface area contributed by atoms with E-state index in [0.29, 0.717) is 0 Å². The van der Waals surface area contributed by atoms with Crippen LogP contribution in [-0.2, 0) is 12.8 Å². The van der Waals surface area contributed by atoms with Crippen LogP contribution < -0.4 is 0 Å². The van der Waals surface area contributed by atoms with E-state index in [4.69, 9.17) is 11.6 Å². The summed E-state index contributed by atoms with van der Waals surface area (Å²) in [5, 5.41) is 0.938. The molecule has 0 bridgehead atoms. The fourth-order valence-corrected chi connectivity index (χ4v) is 3.47. The van der Waals surface area contributed by atoms with Crippen molar-refractivity contribution in [2.75, 3.05) is 0 Å². The average Bonchev–Trinajstić information content (AvgIpc) is 2.91. The van der Waals surface area contributed by atoms with Gasteiger partial charge >= 0.3 is 0 Å². The van der Waals surface area contributed by atoms with E-state index >= 15 is 0 Å². The van der Waals surface area contributed by atoms with Crippen LogP contribution in [0, 0.1) is 0 Å². The van der Waals surface area contributed by atoms with Crippen LogP contribution in [0.25, 0.3) is 11.1 Å². The predicted octanol–water partition coefficient (Wildman–Crippen LogP) is 5.50. The van der Waals surface area contributed by atoms with Crippen LogP contribution in [0.1, 0.15) is 22.3 Å². The van der Waals surface area contributed by atoms with Crippen molar-refractivity contribution in [3.63, 3.8) is 0 Å². The van der Waals surface area contributed by atoms with Crippen molar-refractivity contribution >= 4 is 11.6 Å². The minimum absolute atomic E-state index is 0.892. The fourth-order valence-electron chi connectivity index (χ4n) is 3.17. The number of halogens is 1. The first-order chi connectivity index (χ1) is 10.3. The summed E-state index contributed by atoms with van der Waals surface area (Å²) >= 11 is 6.69. The average molecular weight is 291 g/mol. The van der Waals surface area contributed by atoms with E-state index in [1.54, 1.807) is 0 Å². The van der Waals surface area contributed by atoms with E-state index in [0.717, 1.165) is 17.9 Å². The SMILES string of the molecule is Clc1c(Cc2ccccc2)ccc2c1Cc1ccccc1-2. The third kappa shape index (κ3) is 2.16. The van der Waals surface area contributed by atoms with Gasteiger partial charge in [0, 0.05) is 11.4 Å². The van der Waals surface area contributed by atoms with Gasteiger partial charge in [-0.05, 0) is 39.8 Å². The fraction of sp³-hybridized carbons (Fsp3) is 0.100. The summed E-state index contributed by atoms with van der Waals surface area (Å²) in [6.07, 6.45) is 1.84. The summed E-state index contributed by atoms with van der Waals surface area (Å²) < 4.78 is 0. The molecule has 0 aromatic heterocycles. The Morgan fingerprint density at radius 2 is 1.52 bits per heavy atom. The van der Waals surface area contributed by atoms with Crippen molar-refractivity contribution in [3.05, 3.63) is 94.0 Å². The maximum absolute atomic E-state index is 6.69. The summed E-state index contributed by atoms with van der Waals surface area (Å²) in [5.41, 5.74) is 7.81. The van der Waals surface area contributed by atoms with Crippen LogP contribution in [-0.4, -0.2) is 0 Å². The quantitative estimate of drug-likeness (QED) is 0.457. The zero-order chi connectivity index (χ0) is 14.2. The second-order valence-electron chi connectivity index (χ2n) is 5.56. The first-order valence-corrected chi connectivity index (χ1v) is 7.63. The first kappa shape index (κ1) is 12.7. The third-order valence-corrected chi connectivity index (χ3v) is 4.71. The van der Waals surface area contributed by atoms with Crippen LogP contribution in [0.5, 0.6) is 0 Å². The van der Waals surface area contributed by atoms with Gasteiger partial charge in [0.1, 0.15) is 0 Å². The Hall–Kier alpha value is -2.05. The standard InChI is InChI=1S/C20H15Cl/c21-20-16(12-14-6-2-1-3-7-14)10-11-18-17-9-5-4-8-15(17)13-19(18)20/h1-11H,12-13H2. The lowest BCUT2D eigenvalue weighted by Gasteiger charge is -2.09. The Balaban J connectivity index is 1.76. The van der Waals surface area contributed by atoms with Gasteiger partial charge in [-0.15, -0.1) is 0 Å². The third-order valence-electron chi connectivity index (χ3n) is 4.24. The highest BCUT2D eigenvalue weighted by molar-refractivity contribution is 6.32. The van der Waals surface area contributed by atoms with Crippen molar-refractivity contribution in [2.45, 2.75) is 12.8 Å². The van der Waals surface area contributed by atoms with E-state index in [9.17, 15) is 0 Å². The van der Waals surface area contributed by atoms with Gasteiger partial charge in [0.05, 0.1) is 0 Å². The van der Waals surface area contributed by atoms with E-state index in [2.05, 4.69) is 60.7 Å². The van der Waals surface area contributed by atoms with Crippen molar-refractivity contribution in [3.8, 4) is 11.1 Å². The highest BCUT2D eigenvalue weighted by Crippen LogP contribution is 2.41. The van der Waals surface area contributed by atoms with Gasteiger partial charge in [-0.1, -0.05) is 78.3 Å². The highest BCUT2D eigenvalue weighted by Gasteiger charge is 2.21. The zero-order valence-electron chi connectivity index (χ0n) is 11.6. The zero-order valence-corrected chi connectivity index (χ0v) is 12.4. The van der Waals surface area contributed by atoms with Gasteiger partial charge in [-0.2, -0.15) is 0 Å². The second kappa shape index (κ2) is 5.05. The maximum Gasteiger partial charge on any atom is 0.0482 e. The summed E-state index contributed by atoms with van der Waals surface area (Å²) in [7, 11) is 0. The number of fused-ring (bicyclic) bond motifs is 3. The minimum Gasteiger partial charge on any atom is -0.0837 e. The Labute approximate surface area is 130 Å². The second-order valence-corrected chi connectivity index (χ2v) is 5.94. The Bertz CT molecular complexity index is 803. The van der Waals surface area contributed by atoms with Crippen LogP contribution in [0.15, 0.2) is 66.7 Å². The van der Waals surface area contributed by atoms with Gasteiger partial charge in [0.2, 0.25) is 0 Å². The van der Waals surface area contributed by atoms with Crippen LogP contribution in [0.3, 0.4) is 0 Å². The van der Waals surface area contributed by atoms with E-state index in [1.165, 1.54) is 33.4 Å². The lowest BCUT2D eigenvalue weighted by atomic mass is 9.99. The number of benzene rings is 3. The summed E-state index contributed by atoms with van der Waals surface area (Å²) in [5.74, 6) is 0. The summed E-state index contributed by atoms with van der Waals surface area (Å²) in [6.45, 7) is 0. The molecule has 0 spiro atoms. The smallest absolute Gasteiger partial charge is 0.0482 e. The molecule has 0 N–H and O–H groups in total. The topological polar surface area (TPSA) is 0 Å². The number of hydrogen-bond acceptors (Lipinski definition) is 0. The van der Waals surface area contributed by atoms with E-state index in [-0.39, 0.29) is 0 Å². The van der Waals surface area contributed by atoms with Crippen molar-refractivity contribution in [2.24, 2.45) is 0 Å². The minimum atomic E-state index is 0.892. The number of hydrogen-bond donors (Lipinski definition) is 0. The summed E-state index contributed by atoms with van der Waals surface area (Å²) in [4.78, 5) is 0. The molecule has 0 unspecified atom stereocenters. The largest absolute Gasteiger partial charge is 0.0837 e. The lowest BCUT2D eigenvalue weighted by Crippen LogP contribution is -1.93. The molecule has 102 valence electrons. The Morgan fingerprint density at radius 3 is 2.38 bits per heavy atom. The van der Waals surface area contributed by atoms with Gasteiger partial charge in [-0.25, -0.2) is 0 Å². The van der Waals surface area contributed by atoms with Crippen LogP contribution >= 0.6 is 11.6 Å². The molecule has 1 aliphatic rings. The molecule has 4 rings (SSSR count). The molecule has 1 heteroatoms. The molecule has 0 heterocycles. The van der Waals surface area contributed by atoms with E-state index < -0.39 is 0 Å². The van der Waals surface area contributed by atoms with Gasteiger partial charge in [0.25, 0.3) is 0 Å². The monoisotopic (exact) mass is 290 g/mol. The van der Waals surface area contributed by atoms with Crippen molar-refractivity contribution < 1.29 is 0 Å². The molecule has 0 atom stereocenters. The number of rotatable bonds is 2. The molecule has 1 aliphatic carbocycles. The van der Waals surface area contributed by atoms with Crippen LogP contribution in [0.4, 0.5) is 0 Å². The molecule has 3 aromatic rings. The molecule has 3 aromatic carbocycles. The van der Waals surface area contributed by atoms with Gasteiger partial charge in [-0.3, -0.25) is 0 Å². The molecule has 0 saturated heterocycles. The molecule has 0 saturated carbocycles. The predicted molar refractivity (Wildman–Crippen MR) is 88.9 cm³/mol. The highest BCUT2D eigenvalue weighted by atomic mass is 35.5. The molecule has 0 amide bonds. The molecule has 0 aliphatic heterocycles. The first-order valence-electron chi connectivity index (χ1n) is 7.25. The molecule has 21 heavy (non-hydrogen) atoms. The molecule has 0 fully saturated rings. The Morgan fingerprint density at radius 1 is 0.762 bits per heavy atom. The maximum atomic E-state index is 6.69. The van der Waals surface area contributed by atoms with Crippen molar-refractivity contribution in [1.29, 1.82) is 0 Å². The molecule has 0 nitrogen and oxygen atoms in total. The summed E-state index contributed by atoms with van der Waals surface area (Å²) in [6, 6.07) is 23.5. The van der Waals surface area contributed by atoms with E-state index in [1.807, 2.05) is 6.07 Å². The molecular formula is C20H15Cl. The normalized spacial score (nSPS) is 12.0. The molecular weight excluding hydrogens is 276 g/mol. The van der Waals surface area contributed by atoms with Crippen molar-refractivity contribution in [1.82, 2.24) is 0 Å². The molecule has 0 radical (unpaired) electrons. The van der Waals surface area contributed by atoms with Gasteiger partial charge < -0.3 is 0 Å². The van der Waals surface area contributed by atoms with Gasteiger partial charge in [0.15, 0.2) is 0 Å². The van der Waals surface area contributed by atoms with Crippen LogP contribution in [0.2, 0.25) is 5.02 Å².